The minimum Gasteiger partial charge on any atom is -0.347 e. The second kappa shape index (κ2) is 7.30. The van der Waals surface area contributed by atoms with Crippen LogP contribution in [0.15, 0.2) is 35.1 Å². The smallest absolute Gasteiger partial charge is 0.268 e. The summed E-state index contributed by atoms with van der Waals surface area (Å²) < 4.78 is 12.2. The van der Waals surface area contributed by atoms with Gasteiger partial charge in [-0.05, 0) is 30.4 Å². The van der Waals surface area contributed by atoms with Crippen molar-refractivity contribution in [3.8, 4) is 0 Å². The predicted octanol–water partition coefficient (Wildman–Crippen LogP) is 2.34. The average Bonchev–Trinajstić information content (AvgIpc) is 2.61. The number of fused-ring (bicyclic) bond motifs is 1. The largest absolute Gasteiger partial charge is 0.347 e. The van der Waals surface area contributed by atoms with Crippen LogP contribution < -0.4 is 10.9 Å². The molecule has 0 radical (unpaired) electrons. The van der Waals surface area contributed by atoms with Crippen LogP contribution in [-0.2, 0) is 10.8 Å². The predicted molar refractivity (Wildman–Crippen MR) is 96.8 cm³/mol. The van der Waals surface area contributed by atoms with Crippen molar-refractivity contribution in [1.29, 1.82) is 0 Å². The third kappa shape index (κ3) is 3.43. The second-order valence-corrected chi connectivity index (χ2v) is 8.12. The van der Waals surface area contributed by atoms with Crippen molar-refractivity contribution in [2.45, 2.75) is 43.9 Å². The molecule has 5 nitrogen and oxygen atoms in total. The van der Waals surface area contributed by atoms with Crippen LogP contribution in [0, 0.1) is 0 Å². The molecule has 3 rings (SSSR count). The summed E-state index contributed by atoms with van der Waals surface area (Å²) in [5.41, 5.74) is -0.0131. The molecule has 128 valence electrons. The highest BCUT2D eigenvalue weighted by Crippen LogP contribution is 2.23. The van der Waals surface area contributed by atoms with E-state index in [4.69, 9.17) is 0 Å². The Hall–Kier alpha value is -1.95. The van der Waals surface area contributed by atoms with E-state index in [0.29, 0.717) is 11.1 Å². The number of carbonyl (C=O) groups is 1. The number of amides is 1. The zero-order chi connectivity index (χ0) is 17.1. The van der Waals surface area contributed by atoms with Gasteiger partial charge in [0.05, 0.1) is 5.25 Å². The highest BCUT2D eigenvalue weighted by Gasteiger charge is 2.30. The van der Waals surface area contributed by atoms with Gasteiger partial charge in [-0.1, -0.05) is 38.0 Å². The minimum absolute atomic E-state index is 0.000113. The number of hydrogen-bond donors (Lipinski definition) is 2. The normalized spacial score (nSPS) is 22.2. The molecule has 0 spiro atoms. The van der Waals surface area contributed by atoms with E-state index in [1.165, 1.54) is 0 Å². The van der Waals surface area contributed by atoms with Crippen LogP contribution in [0.5, 0.6) is 0 Å². The van der Waals surface area contributed by atoms with Gasteiger partial charge >= 0.3 is 0 Å². The summed E-state index contributed by atoms with van der Waals surface area (Å²) in [6, 6.07) is 8.78. The third-order valence-corrected chi connectivity index (χ3v) is 6.45. The molecule has 24 heavy (non-hydrogen) atoms. The molecule has 0 saturated heterocycles. The van der Waals surface area contributed by atoms with Crippen molar-refractivity contribution >= 4 is 27.5 Å². The fourth-order valence-electron chi connectivity index (χ4n) is 3.37. The van der Waals surface area contributed by atoms with Crippen molar-refractivity contribution in [2.24, 2.45) is 0 Å². The van der Waals surface area contributed by atoms with E-state index < -0.39 is 10.8 Å². The Morgan fingerprint density at radius 3 is 2.83 bits per heavy atom. The Morgan fingerprint density at radius 2 is 2.04 bits per heavy atom. The quantitative estimate of drug-likeness (QED) is 0.892. The summed E-state index contributed by atoms with van der Waals surface area (Å²) in [7, 11) is -0.930. The van der Waals surface area contributed by atoms with Gasteiger partial charge in [0.2, 0.25) is 0 Å². The Balaban J connectivity index is 1.84. The Kier molecular flexibility index (Phi) is 5.14. The van der Waals surface area contributed by atoms with E-state index in [1.807, 2.05) is 19.1 Å². The van der Waals surface area contributed by atoms with Gasteiger partial charge in [0.1, 0.15) is 5.69 Å². The summed E-state index contributed by atoms with van der Waals surface area (Å²) >= 11 is 0. The molecule has 1 fully saturated rings. The summed E-state index contributed by atoms with van der Waals surface area (Å²) in [4.78, 5) is 27.4. The lowest BCUT2D eigenvalue weighted by Crippen LogP contribution is -2.47. The number of pyridine rings is 1. The summed E-state index contributed by atoms with van der Waals surface area (Å²) in [6.07, 6.45) is 3.78. The zero-order valence-electron chi connectivity index (χ0n) is 13.7. The lowest BCUT2D eigenvalue weighted by Gasteiger charge is -2.31. The molecule has 2 N–H and O–H groups in total. The van der Waals surface area contributed by atoms with Crippen LogP contribution in [0.3, 0.4) is 0 Å². The molecule has 1 heterocycles. The molecule has 1 aromatic carbocycles. The van der Waals surface area contributed by atoms with E-state index in [-0.39, 0.29) is 28.5 Å². The van der Waals surface area contributed by atoms with Crippen molar-refractivity contribution in [3.05, 3.63) is 46.4 Å². The van der Waals surface area contributed by atoms with Crippen LogP contribution in [0.2, 0.25) is 0 Å². The van der Waals surface area contributed by atoms with Gasteiger partial charge in [-0.2, -0.15) is 0 Å². The number of benzene rings is 1. The first kappa shape index (κ1) is 16.9. The zero-order valence-corrected chi connectivity index (χ0v) is 14.5. The van der Waals surface area contributed by atoms with Gasteiger partial charge in [-0.3, -0.25) is 13.8 Å². The monoisotopic (exact) mass is 346 g/mol. The standard InChI is InChI=1S/C18H22N2O3S/c1-2-24(23)16-10-6-5-9-14(16)19-18(22)15-11-12-7-3-4-8-13(12)17(21)20-15/h3-4,7-8,11,14,16H,2,5-6,9-10H2,1H3,(H,19,22)(H,20,21)/t14-,16-,24+/m1/s1. The van der Waals surface area contributed by atoms with E-state index in [0.717, 1.165) is 31.1 Å². The van der Waals surface area contributed by atoms with Crippen molar-refractivity contribution in [2.75, 3.05) is 5.75 Å². The maximum Gasteiger partial charge on any atom is 0.268 e. The van der Waals surface area contributed by atoms with E-state index in [1.54, 1.807) is 18.2 Å². The van der Waals surface area contributed by atoms with Crippen molar-refractivity contribution < 1.29 is 9.00 Å². The van der Waals surface area contributed by atoms with E-state index >= 15 is 0 Å². The molecule has 1 aromatic heterocycles. The van der Waals surface area contributed by atoms with Crippen LogP contribution in [0.1, 0.15) is 43.1 Å². The molecule has 2 aromatic rings. The topological polar surface area (TPSA) is 79.0 Å². The Bertz CT molecular complexity index is 830. The fourth-order valence-corrected chi connectivity index (χ4v) is 4.80. The molecule has 0 aliphatic heterocycles. The first-order valence-electron chi connectivity index (χ1n) is 8.40. The molecular formula is C18H22N2O3S. The highest BCUT2D eigenvalue weighted by molar-refractivity contribution is 7.85. The number of carbonyl (C=O) groups excluding carboxylic acids is 1. The third-order valence-electron chi connectivity index (χ3n) is 4.64. The van der Waals surface area contributed by atoms with Gasteiger partial charge in [0, 0.05) is 28.0 Å². The Morgan fingerprint density at radius 1 is 1.29 bits per heavy atom. The van der Waals surface area contributed by atoms with Gasteiger partial charge in [0.15, 0.2) is 0 Å². The van der Waals surface area contributed by atoms with Gasteiger partial charge in [-0.15, -0.1) is 0 Å². The second-order valence-electron chi connectivity index (χ2n) is 6.17. The summed E-state index contributed by atoms with van der Waals surface area (Å²) in [6.45, 7) is 1.91. The molecule has 1 aliphatic rings. The maximum atomic E-state index is 12.6. The van der Waals surface area contributed by atoms with E-state index in [2.05, 4.69) is 10.3 Å². The highest BCUT2D eigenvalue weighted by atomic mass is 32.2. The lowest BCUT2D eigenvalue weighted by molar-refractivity contribution is 0.0924. The first-order valence-corrected chi connectivity index (χ1v) is 9.78. The molecule has 6 heteroatoms. The first-order chi connectivity index (χ1) is 11.6. The number of nitrogens with one attached hydrogen (secondary N) is 2. The van der Waals surface area contributed by atoms with Crippen LogP contribution in [0.4, 0.5) is 0 Å². The number of aromatic nitrogens is 1. The Labute approximate surface area is 143 Å². The van der Waals surface area contributed by atoms with E-state index in [9.17, 15) is 13.8 Å². The molecule has 3 atom stereocenters. The van der Waals surface area contributed by atoms with Crippen LogP contribution >= 0.6 is 0 Å². The molecular weight excluding hydrogens is 324 g/mol. The SMILES string of the molecule is CC[S@](=O)[C@@H]1CCCC[C@H]1NC(=O)c1cc2ccccc2c(=O)[nH]1. The van der Waals surface area contributed by atoms with Crippen LogP contribution in [0.25, 0.3) is 10.8 Å². The molecule has 1 saturated carbocycles. The van der Waals surface area contributed by atoms with Gasteiger partial charge in [0.25, 0.3) is 11.5 Å². The summed E-state index contributed by atoms with van der Waals surface area (Å²) in [5, 5.41) is 4.30. The fraction of sp³-hybridized carbons (Fsp3) is 0.444. The maximum absolute atomic E-state index is 12.6. The average molecular weight is 346 g/mol. The molecule has 0 unspecified atom stereocenters. The van der Waals surface area contributed by atoms with Gasteiger partial charge in [-0.25, -0.2) is 0 Å². The molecule has 1 aliphatic carbocycles. The van der Waals surface area contributed by atoms with Crippen LogP contribution in [-0.4, -0.2) is 32.1 Å². The number of aromatic amines is 1. The summed E-state index contributed by atoms with van der Waals surface area (Å²) in [5.74, 6) is 0.298. The van der Waals surface area contributed by atoms with Crippen molar-refractivity contribution in [3.63, 3.8) is 0 Å². The molecule has 1 amide bonds. The number of hydrogen-bond acceptors (Lipinski definition) is 3. The number of H-pyrrole nitrogens is 1. The lowest BCUT2D eigenvalue weighted by atomic mass is 9.94. The van der Waals surface area contributed by atoms with Crippen molar-refractivity contribution in [1.82, 2.24) is 10.3 Å². The minimum atomic E-state index is -0.930. The van der Waals surface area contributed by atoms with Gasteiger partial charge < -0.3 is 10.3 Å². The number of rotatable bonds is 4. The molecule has 0 bridgehead atoms.